The zero-order chi connectivity index (χ0) is 13.1. The molecule has 2 aromatic rings. The van der Waals surface area contributed by atoms with Crippen molar-refractivity contribution >= 4 is 5.69 Å². The van der Waals surface area contributed by atoms with E-state index in [0.717, 1.165) is 12.1 Å². The molecule has 0 saturated heterocycles. The molecule has 0 aliphatic rings. The molecule has 0 saturated carbocycles. The Kier molecular flexibility index (Phi) is 3.19. The van der Waals surface area contributed by atoms with Gasteiger partial charge >= 0.3 is 0 Å². The van der Waals surface area contributed by atoms with Crippen molar-refractivity contribution in [2.75, 3.05) is 5.32 Å². The first kappa shape index (κ1) is 12.0. The van der Waals surface area contributed by atoms with Crippen LogP contribution in [0, 0.1) is 29.9 Å². The van der Waals surface area contributed by atoms with Crippen molar-refractivity contribution in [2.24, 2.45) is 0 Å². The molecule has 0 aliphatic carbocycles. The van der Waals surface area contributed by atoms with Crippen LogP contribution >= 0.6 is 0 Å². The third-order valence-corrected chi connectivity index (χ3v) is 2.16. The second-order valence-electron chi connectivity index (χ2n) is 3.51. The quantitative estimate of drug-likeness (QED) is 0.903. The van der Waals surface area contributed by atoms with E-state index in [0.29, 0.717) is 5.89 Å². The van der Waals surface area contributed by atoms with Crippen molar-refractivity contribution in [3.8, 4) is 6.07 Å². The lowest BCUT2D eigenvalue weighted by molar-refractivity contribution is 0.388. The molecule has 5 nitrogen and oxygen atoms in total. The molecule has 2 rings (SSSR count). The highest BCUT2D eigenvalue weighted by molar-refractivity contribution is 5.50. The summed E-state index contributed by atoms with van der Waals surface area (Å²) in [5.41, 5.74) is -0.401. The Labute approximate surface area is 101 Å². The average Bonchev–Trinajstić information content (AvgIpc) is 2.73. The lowest BCUT2D eigenvalue weighted by Crippen LogP contribution is -2.05. The summed E-state index contributed by atoms with van der Waals surface area (Å²) in [5.74, 6) is -1.03. The van der Waals surface area contributed by atoms with E-state index >= 15 is 0 Å². The maximum atomic E-state index is 13.5. The van der Waals surface area contributed by atoms with E-state index in [1.165, 1.54) is 0 Å². The monoisotopic (exact) mass is 250 g/mol. The van der Waals surface area contributed by atoms with Crippen molar-refractivity contribution < 1.29 is 13.3 Å². The molecule has 0 atom stereocenters. The van der Waals surface area contributed by atoms with E-state index in [1.54, 1.807) is 13.0 Å². The number of aromatic nitrogens is 2. The summed E-state index contributed by atoms with van der Waals surface area (Å²) >= 11 is 0. The van der Waals surface area contributed by atoms with Gasteiger partial charge in [0.2, 0.25) is 5.89 Å². The molecule has 92 valence electrons. The molecule has 1 heterocycles. The molecule has 18 heavy (non-hydrogen) atoms. The summed E-state index contributed by atoms with van der Waals surface area (Å²) in [7, 11) is 0. The zero-order valence-electron chi connectivity index (χ0n) is 9.37. The van der Waals surface area contributed by atoms with Crippen LogP contribution in [0.25, 0.3) is 0 Å². The van der Waals surface area contributed by atoms with Gasteiger partial charge in [0.25, 0.3) is 0 Å². The van der Waals surface area contributed by atoms with Crippen molar-refractivity contribution in [3.05, 3.63) is 41.0 Å². The molecule has 1 aromatic heterocycles. The number of nitrogens with zero attached hydrogens (tertiary/aromatic N) is 3. The van der Waals surface area contributed by atoms with Gasteiger partial charge in [0.1, 0.15) is 5.69 Å². The van der Waals surface area contributed by atoms with Gasteiger partial charge in [-0.25, -0.2) is 8.78 Å². The van der Waals surface area contributed by atoms with Crippen LogP contribution in [0.4, 0.5) is 14.5 Å². The van der Waals surface area contributed by atoms with Gasteiger partial charge in [-0.15, -0.1) is 0 Å². The third-order valence-electron chi connectivity index (χ3n) is 2.16. The van der Waals surface area contributed by atoms with E-state index in [2.05, 4.69) is 15.5 Å². The fourth-order valence-corrected chi connectivity index (χ4v) is 1.39. The fourth-order valence-electron chi connectivity index (χ4n) is 1.39. The Balaban J connectivity index is 2.17. The third kappa shape index (κ3) is 2.43. The van der Waals surface area contributed by atoms with Crippen LogP contribution in [-0.4, -0.2) is 10.1 Å². The zero-order valence-corrected chi connectivity index (χ0v) is 9.37. The van der Waals surface area contributed by atoms with Crippen molar-refractivity contribution in [1.29, 1.82) is 5.26 Å². The number of hydrogen-bond acceptors (Lipinski definition) is 5. The molecule has 0 fully saturated rings. The molecule has 0 radical (unpaired) electrons. The SMILES string of the molecule is Cc1nc(CNc2c(F)cc(C#N)cc2F)no1. The Morgan fingerprint density at radius 3 is 2.56 bits per heavy atom. The number of nitriles is 1. The first-order valence-corrected chi connectivity index (χ1v) is 5.02. The predicted octanol–water partition coefficient (Wildman–Crippen LogP) is 2.14. The highest BCUT2D eigenvalue weighted by atomic mass is 19.1. The Morgan fingerprint density at radius 2 is 2.06 bits per heavy atom. The Bertz CT molecular complexity index is 595. The molecule has 0 unspecified atom stereocenters. The lowest BCUT2D eigenvalue weighted by Gasteiger charge is -2.06. The molecular formula is C11H8F2N4O. The van der Waals surface area contributed by atoms with E-state index < -0.39 is 11.6 Å². The predicted molar refractivity (Wildman–Crippen MR) is 57.4 cm³/mol. The topological polar surface area (TPSA) is 74.7 Å². The summed E-state index contributed by atoms with van der Waals surface area (Å²) < 4.78 is 31.7. The molecule has 1 N–H and O–H groups in total. The summed E-state index contributed by atoms with van der Waals surface area (Å²) in [4.78, 5) is 3.88. The van der Waals surface area contributed by atoms with E-state index in [9.17, 15) is 8.78 Å². The standard InChI is InChI=1S/C11H8F2N4O/c1-6-16-10(17-18-6)5-15-11-8(12)2-7(4-14)3-9(11)13/h2-3,15H,5H2,1H3. The maximum absolute atomic E-state index is 13.5. The molecule has 0 bridgehead atoms. The summed E-state index contributed by atoms with van der Waals surface area (Å²) in [6.45, 7) is 1.64. The largest absolute Gasteiger partial charge is 0.373 e. The highest BCUT2D eigenvalue weighted by Crippen LogP contribution is 2.20. The molecule has 7 heteroatoms. The minimum atomic E-state index is -0.841. The summed E-state index contributed by atoms with van der Waals surface area (Å²) in [6, 6.07) is 3.57. The fraction of sp³-hybridized carbons (Fsp3) is 0.182. The van der Waals surface area contributed by atoms with Gasteiger partial charge in [-0.1, -0.05) is 5.16 Å². The van der Waals surface area contributed by atoms with Crippen molar-refractivity contribution in [1.82, 2.24) is 10.1 Å². The lowest BCUT2D eigenvalue weighted by atomic mass is 10.2. The Hall–Kier alpha value is -2.49. The molecule has 1 aromatic carbocycles. The van der Waals surface area contributed by atoms with E-state index in [4.69, 9.17) is 9.78 Å². The van der Waals surface area contributed by atoms with Crippen LogP contribution in [0.3, 0.4) is 0 Å². The van der Waals surface area contributed by atoms with Crippen LogP contribution < -0.4 is 5.32 Å². The number of rotatable bonds is 3. The second kappa shape index (κ2) is 4.79. The van der Waals surface area contributed by atoms with Crippen LogP contribution in [0.5, 0.6) is 0 Å². The van der Waals surface area contributed by atoms with Gasteiger partial charge in [0, 0.05) is 6.92 Å². The molecule has 0 spiro atoms. The van der Waals surface area contributed by atoms with Gasteiger partial charge in [0.15, 0.2) is 17.5 Å². The number of hydrogen-bond donors (Lipinski definition) is 1. The number of halogens is 2. The highest BCUT2D eigenvalue weighted by Gasteiger charge is 2.12. The van der Waals surface area contributed by atoms with Crippen LogP contribution in [0.2, 0.25) is 0 Å². The first-order valence-electron chi connectivity index (χ1n) is 5.02. The van der Waals surface area contributed by atoms with Gasteiger partial charge in [-0.3, -0.25) is 0 Å². The van der Waals surface area contributed by atoms with Crippen LogP contribution in [0.15, 0.2) is 16.7 Å². The number of nitrogens with one attached hydrogen (secondary N) is 1. The van der Waals surface area contributed by atoms with Crippen LogP contribution in [0.1, 0.15) is 17.3 Å². The molecular weight excluding hydrogens is 242 g/mol. The maximum Gasteiger partial charge on any atom is 0.223 e. The molecule has 0 amide bonds. The first-order chi connectivity index (χ1) is 8.60. The number of anilines is 1. The van der Waals surface area contributed by atoms with Gasteiger partial charge < -0.3 is 9.84 Å². The summed E-state index contributed by atoms with van der Waals surface area (Å²) in [6.07, 6.45) is 0. The van der Waals surface area contributed by atoms with Crippen molar-refractivity contribution in [3.63, 3.8) is 0 Å². The van der Waals surface area contributed by atoms with E-state index in [-0.39, 0.29) is 23.6 Å². The second-order valence-corrected chi connectivity index (χ2v) is 3.51. The van der Waals surface area contributed by atoms with Gasteiger partial charge in [0.05, 0.1) is 18.2 Å². The van der Waals surface area contributed by atoms with Gasteiger partial charge in [-0.2, -0.15) is 10.2 Å². The average molecular weight is 250 g/mol. The smallest absolute Gasteiger partial charge is 0.223 e. The normalized spacial score (nSPS) is 10.1. The summed E-state index contributed by atoms with van der Waals surface area (Å²) in [5, 5.41) is 14.6. The van der Waals surface area contributed by atoms with Crippen LogP contribution in [-0.2, 0) is 6.54 Å². The number of benzene rings is 1. The van der Waals surface area contributed by atoms with E-state index in [1.807, 2.05) is 0 Å². The Morgan fingerprint density at radius 1 is 1.39 bits per heavy atom. The minimum absolute atomic E-state index is 0.0249. The minimum Gasteiger partial charge on any atom is -0.373 e. The van der Waals surface area contributed by atoms with Crippen molar-refractivity contribution in [2.45, 2.75) is 13.5 Å². The molecule has 0 aliphatic heterocycles. The number of aryl methyl sites for hydroxylation is 1. The van der Waals surface area contributed by atoms with Gasteiger partial charge in [-0.05, 0) is 12.1 Å².